The van der Waals surface area contributed by atoms with E-state index in [1.54, 1.807) is 0 Å². The first-order valence-electron chi connectivity index (χ1n) is 25.6. The van der Waals surface area contributed by atoms with Crippen molar-refractivity contribution in [2.45, 2.75) is 0 Å². The highest BCUT2D eigenvalue weighted by Crippen LogP contribution is 2.49. The smallest absolute Gasteiger partial charge is 0.268 e. The van der Waals surface area contributed by atoms with Gasteiger partial charge >= 0.3 is 0 Å². The topological polar surface area (TPSA) is 37.4 Å². The molecule has 346 valence electrons. The molecule has 2 aromatic heterocycles. The number of para-hydroxylation sites is 3. The Morgan fingerprint density at radius 2 is 0.680 bits per heavy atom. The summed E-state index contributed by atoms with van der Waals surface area (Å²) in [5, 5.41) is 2.30. The van der Waals surface area contributed by atoms with Gasteiger partial charge in [0.1, 0.15) is 34.5 Å². The minimum Gasteiger partial charge on any atom is -0.458 e. The quantitative estimate of drug-likeness (QED) is 0.164. The summed E-state index contributed by atoms with van der Waals surface area (Å²) in [7, 11) is 0. The van der Waals surface area contributed by atoms with E-state index >= 15 is 0 Å². The summed E-state index contributed by atoms with van der Waals surface area (Å²) < 4.78 is 26.4. The van der Waals surface area contributed by atoms with Gasteiger partial charge in [-0.3, -0.25) is 0 Å². The number of ether oxygens (including phenoxy) is 3. The first-order valence-corrected chi connectivity index (χ1v) is 27.2. The number of hydrogen-bond acceptors (Lipinski definition) is 8. The van der Waals surface area contributed by atoms with Crippen LogP contribution in [0.2, 0.25) is 0 Å². The van der Waals surface area contributed by atoms with Crippen LogP contribution in [0.3, 0.4) is 0 Å². The van der Waals surface area contributed by atoms with Crippen LogP contribution in [-0.4, -0.2) is 20.1 Å². The Hall–Kier alpha value is -8.89. The molecule has 0 N–H and O–H groups in total. The maximum absolute atomic E-state index is 7.37. The van der Waals surface area contributed by atoms with Crippen LogP contribution in [0.5, 0.6) is 34.5 Å². The molecule has 0 aliphatic carbocycles. The van der Waals surface area contributed by atoms with Crippen molar-refractivity contribution in [3.8, 4) is 34.5 Å². The predicted molar refractivity (Wildman–Crippen MR) is 315 cm³/mol. The van der Waals surface area contributed by atoms with Crippen LogP contribution in [0.1, 0.15) is 0 Å². The number of anilines is 9. The molecule has 0 bridgehead atoms. The van der Waals surface area contributed by atoms with Crippen LogP contribution in [0.4, 0.5) is 51.2 Å². The molecule has 0 fully saturated rings. The van der Waals surface area contributed by atoms with Gasteiger partial charge in [0.15, 0.2) is 0 Å². The van der Waals surface area contributed by atoms with Crippen molar-refractivity contribution >= 4 is 162 Å². The fraction of sp³-hybridized carbons (Fsp3) is 0. The Bertz CT molecular complexity index is 4470. The third-order valence-electron chi connectivity index (χ3n) is 16.4. The van der Waals surface area contributed by atoms with Gasteiger partial charge in [-0.25, -0.2) is 0 Å². The largest absolute Gasteiger partial charge is 0.458 e. The summed E-state index contributed by atoms with van der Waals surface area (Å²) in [6, 6.07) is 79.5. The zero-order valence-electron chi connectivity index (χ0n) is 39.9. The van der Waals surface area contributed by atoms with E-state index in [2.05, 4.69) is 233 Å². The third-order valence-corrected chi connectivity index (χ3v) is 18.8. The highest BCUT2D eigenvalue weighted by Gasteiger charge is 2.50. The average molecular weight is 992 g/mol. The van der Waals surface area contributed by atoms with Gasteiger partial charge in [-0.05, 0) is 141 Å². The van der Waals surface area contributed by atoms with Gasteiger partial charge in [-0.2, -0.15) is 0 Å². The molecule has 0 unspecified atom stereocenters. The Morgan fingerprint density at radius 3 is 1.16 bits per heavy atom. The monoisotopic (exact) mass is 991 g/mol. The molecule has 75 heavy (non-hydrogen) atoms. The molecule has 0 saturated heterocycles. The van der Waals surface area contributed by atoms with E-state index in [1.807, 2.05) is 22.7 Å². The Kier molecular flexibility index (Phi) is 8.05. The van der Waals surface area contributed by atoms with Gasteiger partial charge in [0.05, 0.1) is 0 Å². The minimum absolute atomic E-state index is 0.0785. The Morgan fingerprint density at radius 1 is 0.293 bits per heavy atom. The average Bonchev–Trinajstić information content (AvgIpc) is 4.08. The van der Waals surface area contributed by atoms with E-state index in [9.17, 15) is 0 Å². The minimum atomic E-state index is -0.183. The lowest BCUT2D eigenvalue weighted by Gasteiger charge is -2.44. The number of thiophene rings is 2. The van der Waals surface area contributed by atoms with Crippen molar-refractivity contribution in [1.29, 1.82) is 0 Å². The van der Waals surface area contributed by atoms with E-state index in [4.69, 9.17) is 14.2 Å². The van der Waals surface area contributed by atoms with Crippen molar-refractivity contribution in [2.75, 3.05) is 14.7 Å². The SMILES string of the molecule is c1ccc(N2c3cc4c(cc3B3c5cc6c(cc5Oc5cccc2c53)N(c2ccccc2)c2cccc3c2B6c2sc5ccccc5c2O3)B2c3sc5ccccc5c3Oc3cccc(c32)N4c2ccccc2)cc1. The fourth-order valence-corrected chi connectivity index (χ4v) is 15.9. The summed E-state index contributed by atoms with van der Waals surface area (Å²) in [5.41, 5.74) is 18.4. The summed E-state index contributed by atoms with van der Waals surface area (Å²) in [4.78, 5) is 7.37. The molecule has 6 aliphatic rings. The van der Waals surface area contributed by atoms with E-state index in [0.717, 1.165) is 102 Å². The molecule has 11 heteroatoms. The lowest BCUT2D eigenvalue weighted by Crippen LogP contribution is -2.64. The second kappa shape index (κ2) is 14.9. The number of rotatable bonds is 3. The fourth-order valence-electron chi connectivity index (χ4n) is 13.4. The molecule has 8 heterocycles. The standard InChI is InChI=1S/C64H36B3N3O3S2/c1-4-17-37(18-5-1)68-46-25-14-28-52-58(46)65(42-33-43-50(35-49(42)68)69(38-19-6-2-7-20-38)47-26-15-29-53-59(47)66(43)63-61(72-53)40-23-10-12-31-56(40)74-63)45-34-44-51(36-55(45)71-52)70(39-21-8-3-9-22-39)48-27-16-30-54-60(48)67(44)64-62(73-54)41-24-11-13-32-57(41)75-64/h1-36H. The summed E-state index contributed by atoms with van der Waals surface area (Å²) in [5.74, 6) is 5.45. The maximum Gasteiger partial charge on any atom is 0.268 e. The zero-order chi connectivity index (χ0) is 48.6. The summed E-state index contributed by atoms with van der Waals surface area (Å²) >= 11 is 3.71. The molecule has 10 aromatic carbocycles. The lowest BCUT2D eigenvalue weighted by molar-refractivity contribution is 0.487. The molecule has 0 spiro atoms. The number of benzene rings is 10. The lowest BCUT2D eigenvalue weighted by atomic mass is 9.30. The predicted octanol–water partition coefficient (Wildman–Crippen LogP) is 11.3. The maximum atomic E-state index is 7.37. The summed E-state index contributed by atoms with van der Waals surface area (Å²) in [6.07, 6.45) is 0. The second-order valence-electron chi connectivity index (χ2n) is 20.2. The molecular formula is C64H36B3N3O3S2. The number of hydrogen-bond donors (Lipinski definition) is 0. The van der Waals surface area contributed by atoms with Crippen LogP contribution in [0.15, 0.2) is 218 Å². The number of nitrogens with zero attached hydrogens (tertiary/aromatic N) is 3. The first kappa shape index (κ1) is 40.6. The molecule has 18 rings (SSSR count). The van der Waals surface area contributed by atoms with Gasteiger partial charge < -0.3 is 28.9 Å². The molecule has 6 nitrogen and oxygen atoms in total. The molecule has 0 atom stereocenters. The number of fused-ring (bicyclic) bond motifs is 16. The molecule has 6 aliphatic heterocycles. The van der Waals surface area contributed by atoms with Crippen molar-refractivity contribution in [1.82, 2.24) is 0 Å². The van der Waals surface area contributed by atoms with Crippen molar-refractivity contribution in [3.05, 3.63) is 218 Å². The van der Waals surface area contributed by atoms with Gasteiger partial charge in [0.25, 0.3) is 20.1 Å². The second-order valence-corrected chi connectivity index (χ2v) is 22.4. The van der Waals surface area contributed by atoms with Gasteiger partial charge in [0.2, 0.25) is 0 Å². The van der Waals surface area contributed by atoms with E-state index in [0.29, 0.717) is 0 Å². The molecular weight excluding hydrogens is 955 g/mol. The molecule has 0 radical (unpaired) electrons. The molecule has 0 amide bonds. The zero-order valence-corrected chi connectivity index (χ0v) is 41.5. The van der Waals surface area contributed by atoms with Crippen LogP contribution >= 0.6 is 22.7 Å². The van der Waals surface area contributed by atoms with Crippen LogP contribution in [0, 0.1) is 0 Å². The summed E-state index contributed by atoms with van der Waals surface area (Å²) in [6.45, 7) is -0.340. The van der Waals surface area contributed by atoms with E-state index < -0.39 is 0 Å². The van der Waals surface area contributed by atoms with Crippen LogP contribution in [0.25, 0.3) is 20.2 Å². The van der Waals surface area contributed by atoms with Gasteiger partial charge in [0, 0.05) is 87.0 Å². The highest BCUT2D eigenvalue weighted by atomic mass is 32.1. The first-order chi connectivity index (χ1) is 37.2. The Labute approximate surface area is 441 Å². The van der Waals surface area contributed by atoms with Crippen molar-refractivity contribution < 1.29 is 14.2 Å². The van der Waals surface area contributed by atoms with Gasteiger partial charge in [-0.15, -0.1) is 22.7 Å². The highest BCUT2D eigenvalue weighted by molar-refractivity contribution is 7.34. The van der Waals surface area contributed by atoms with Gasteiger partial charge in [-0.1, -0.05) is 109 Å². The van der Waals surface area contributed by atoms with Crippen LogP contribution in [-0.2, 0) is 0 Å². The normalized spacial score (nSPS) is 14.3. The molecule has 0 saturated carbocycles. The van der Waals surface area contributed by atoms with Crippen molar-refractivity contribution in [2.24, 2.45) is 0 Å². The molecule has 12 aromatic rings. The Balaban J connectivity index is 0.942. The van der Waals surface area contributed by atoms with E-state index in [-0.39, 0.29) is 20.1 Å². The van der Waals surface area contributed by atoms with E-state index in [1.165, 1.54) is 51.7 Å². The van der Waals surface area contributed by atoms with Crippen molar-refractivity contribution in [3.63, 3.8) is 0 Å². The third kappa shape index (κ3) is 5.40. The van der Waals surface area contributed by atoms with Crippen LogP contribution < -0.4 is 76.7 Å².